The van der Waals surface area contributed by atoms with Gasteiger partial charge in [0.25, 0.3) is 0 Å². The zero-order valence-corrected chi connectivity index (χ0v) is 43.2. The summed E-state index contributed by atoms with van der Waals surface area (Å²) in [5, 5.41) is 14.8. The molecule has 7 aliphatic heterocycles. The Kier molecular flexibility index (Phi) is 12.7. The van der Waals surface area contributed by atoms with E-state index in [4.69, 9.17) is 42.6 Å². The predicted octanol–water partition coefficient (Wildman–Crippen LogP) is 9.12. The van der Waals surface area contributed by atoms with Crippen molar-refractivity contribution in [3.8, 4) is 46.3 Å². The molecule has 12 rings (SSSR count). The first-order chi connectivity index (χ1) is 35.2. The number of ether oxygens (including phenoxy) is 9. The summed E-state index contributed by atoms with van der Waals surface area (Å²) in [5.41, 5.74) is 6.75. The SMILES string of the molecule is COc1cc2c(cc1OC(=O)OC(C)(C)C)CCN[C@]21CS[C@@H]2c3c(OCc4ccccc4)c(C)c4c(c3[C@H](COC1=O)N1C2[C@H]2c3c(cc(C)c(OC)c3OCc3ccccc3)C[C@@H]([C@@H]1C#N)N2C)OCO4. The largest absolute Gasteiger partial charge is 0.514 e. The van der Waals surface area contributed by atoms with Gasteiger partial charge < -0.3 is 42.6 Å². The number of likely N-dealkylation sites (N-methyl/N-ethyl adjacent to an activating group) is 1. The molecule has 4 bridgehead atoms. The van der Waals surface area contributed by atoms with E-state index < -0.39 is 46.6 Å². The summed E-state index contributed by atoms with van der Waals surface area (Å²) < 4.78 is 57.1. The van der Waals surface area contributed by atoms with Crippen molar-refractivity contribution >= 4 is 23.9 Å². The Labute approximate surface area is 429 Å². The summed E-state index contributed by atoms with van der Waals surface area (Å²) in [6, 6.07) is 26.2. The van der Waals surface area contributed by atoms with Crippen LogP contribution in [-0.2, 0) is 45.9 Å². The lowest BCUT2D eigenvalue weighted by atomic mass is 9.71. The van der Waals surface area contributed by atoms with Crippen LogP contribution >= 0.6 is 11.8 Å². The number of rotatable bonds is 9. The number of fused-ring (bicyclic) bond motifs is 9. The fourth-order valence-corrected chi connectivity index (χ4v) is 13.8. The van der Waals surface area contributed by atoms with Gasteiger partial charge in [-0.2, -0.15) is 5.26 Å². The molecule has 0 saturated carbocycles. The highest BCUT2D eigenvalue weighted by Crippen LogP contribution is 2.65. The Hall–Kier alpha value is -6.64. The highest BCUT2D eigenvalue weighted by Gasteiger charge is 2.62. The molecule has 0 aromatic heterocycles. The molecule has 1 spiro atoms. The molecule has 16 heteroatoms. The van der Waals surface area contributed by atoms with Crippen LogP contribution in [-0.4, -0.2) is 92.6 Å². The highest BCUT2D eigenvalue weighted by molar-refractivity contribution is 7.99. The highest BCUT2D eigenvalue weighted by atomic mass is 32.2. The number of nitrogens with one attached hydrogen (secondary N) is 1. The summed E-state index contributed by atoms with van der Waals surface area (Å²) in [7, 11) is 5.30. The quantitative estimate of drug-likeness (QED) is 0.110. The van der Waals surface area contributed by atoms with Gasteiger partial charge >= 0.3 is 12.1 Å². The van der Waals surface area contributed by atoms with E-state index in [1.807, 2.05) is 74.5 Å². The molecule has 0 radical (unpaired) electrons. The van der Waals surface area contributed by atoms with Gasteiger partial charge in [0.05, 0.1) is 37.6 Å². The third kappa shape index (κ3) is 8.25. The monoisotopic (exact) mass is 1010 g/mol. The number of nitriles is 1. The molecule has 7 heterocycles. The van der Waals surface area contributed by atoms with E-state index >= 15 is 4.79 Å². The average Bonchev–Trinajstić information content (AvgIpc) is 3.87. The van der Waals surface area contributed by atoms with Crippen molar-refractivity contribution < 1.29 is 52.2 Å². The van der Waals surface area contributed by atoms with Gasteiger partial charge in [0.15, 0.2) is 40.0 Å². The van der Waals surface area contributed by atoms with Crippen molar-refractivity contribution in [1.82, 2.24) is 15.1 Å². The number of esters is 1. The minimum absolute atomic E-state index is 0.00588. The molecular formula is C57H60N4O11S. The van der Waals surface area contributed by atoms with Gasteiger partial charge in [-0.25, -0.2) is 9.59 Å². The van der Waals surface area contributed by atoms with E-state index in [-0.39, 0.29) is 49.3 Å². The second-order valence-corrected chi connectivity index (χ2v) is 21.7. The van der Waals surface area contributed by atoms with Crippen LogP contribution in [0, 0.1) is 25.2 Å². The normalized spacial score (nSPS) is 24.7. The predicted molar refractivity (Wildman–Crippen MR) is 272 cm³/mol. The first kappa shape index (κ1) is 48.6. The summed E-state index contributed by atoms with van der Waals surface area (Å²) in [4.78, 5) is 33.1. The van der Waals surface area contributed by atoms with Gasteiger partial charge in [0, 0.05) is 46.6 Å². The van der Waals surface area contributed by atoms with Crippen molar-refractivity contribution in [1.29, 1.82) is 5.26 Å². The standard InChI is InChI=1S/C57H60N4O11S/c1-31-21-36-22-38-39(25-58)61-40-28-68-54(62)57(37-24-41(64-7)42(23-35(37)19-20-59-57)71-55(63)72-56(3,4)5)29-73-53(45-44(40)52-50(69-30-70-52)32(2)49(45)66-26-33-15-11-9-12-16-33)47(61)46(60(38)6)43(36)51(48(31)65-8)67-27-34-17-13-10-14-18-34/h9-18,21,23-24,38-40,46-47,53,59H,19-20,22,26-30H2,1-8H3/t38-,39-,40-,46+,47?,53+,57+/m0/s1. The second kappa shape index (κ2) is 19.0. The van der Waals surface area contributed by atoms with Crippen LogP contribution in [0.25, 0.3) is 0 Å². The molecule has 0 aliphatic carbocycles. The van der Waals surface area contributed by atoms with Crippen LogP contribution in [0.3, 0.4) is 0 Å². The van der Waals surface area contributed by atoms with Crippen molar-refractivity contribution in [2.24, 2.45) is 0 Å². The number of hydrogen-bond donors (Lipinski definition) is 1. The number of thioether (sulfide) groups is 1. The molecule has 5 aromatic rings. The Morgan fingerprint density at radius 3 is 2.23 bits per heavy atom. The Bertz CT molecular complexity index is 3030. The van der Waals surface area contributed by atoms with Gasteiger partial charge in [-0.3, -0.25) is 15.1 Å². The summed E-state index contributed by atoms with van der Waals surface area (Å²) >= 11 is 1.61. The molecule has 380 valence electrons. The van der Waals surface area contributed by atoms with Crippen LogP contribution in [0.5, 0.6) is 40.2 Å². The zero-order valence-electron chi connectivity index (χ0n) is 42.4. The van der Waals surface area contributed by atoms with E-state index in [1.165, 1.54) is 7.11 Å². The molecule has 15 nitrogen and oxygen atoms in total. The molecule has 7 atom stereocenters. The Morgan fingerprint density at radius 2 is 1.56 bits per heavy atom. The molecule has 1 unspecified atom stereocenters. The summed E-state index contributed by atoms with van der Waals surface area (Å²) in [5.74, 6) is 3.23. The van der Waals surface area contributed by atoms with E-state index in [0.717, 1.165) is 50.1 Å². The minimum Gasteiger partial charge on any atom is -0.493 e. The molecule has 7 aliphatic rings. The number of benzene rings is 5. The van der Waals surface area contributed by atoms with Gasteiger partial charge in [0.1, 0.15) is 37.2 Å². The third-order valence-electron chi connectivity index (χ3n) is 15.2. The minimum atomic E-state index is -1.40. The van der Waals surface area contributed by atoms with Crippen LogP contribution in [0.1, 0.15) is 93.7 Å². The van der Waals surface area contributed by atoms with Gasteiger partial charge in [-0.05, 0) is 100 Å². The first-order valence-electron chi connectivity index (χ1n) is 24.8. The Morgan fingerprint density at radius 1 is 0.863 bits per heavy atom. The van der Waals surface area contributed by atoms with Crippen molar-refractivity contribution in [3.63, 3.8) is 0 Å². The van der Waals surface area contributed by atoms with Crippen LogP contribution in [0.4, 0.5) is 4.79 Å². The van der Waals surface area contributed by atoms with E-state index in [0.29, 0.717) is 60.3 Å². The van der Waals surface area contributed by atoms with Gasteiger partial charge in [0.2, 0.25) is 6.79 Å². The number of methoxy groups -OCH3 is 2. The van der Waals surface area contributed by atoms with Crippen LogP contribution < -0.4 is 38.5 Å². The van der Waals surface area contributed by atoms with E-state index in [9.17, 15) is 10.1 Å². The molecule has 2 fully saturated rings. The van der Waals surface area contributed by atoms with Crippen molar-refractivity contribution in [3.05, 3.63) is 134 Å². The van der Waals surface area contributed by atoms with Gasteiger partial charge in [-0.1, -0.05) is 66.7 Å². The summed E-state index contributed by atoms with van der Waals surface area (Å²) in [6.07, 6.45) is 0.220. The molecule has 0 amide bonds. The van der Waals surface area contributed by atoms with Crippen molar-refractivity contribution in [2.45, 2.75) is 107 Å². The van der Waals surface area contributed by atoms with E-state index in [2.05, 4.69) is 34.3 Å². The smallest absolute Gasteiger partial charge is 0.493 e. The number of carbonyl (C=O) groups excluding carboxylic acids is 2. The average molecular weight is 1010 g/mol. The maximum atomic E-state index is 15.4. The lowest BCUT2D eigenvalue weighted by Crippen LogP contribution is -2.69. The number of aryl methyl sites for hydroxylation is 1. The van der Waals surface area contributed by atoms with Gasteiger partial charge in [-0.15, -0.1) is 11.8 Å². The number of piperazine rings is 1. The molecule has 5 aromatic carbocycles. The number of nitrogens with zero attached hydrogens (tertiary/aromatic N) is 3. The maximum Gasteiger partial charge on any atom is 0.514 e. The fraction of sp³-hybridized carbons (Fsp3) is 0.421. The topological polar surface area (TPSA) is 160 Å². The zero-order chi connectivity index (χ0) is 50.9. The van der Waals surface area contributed by atoms with Crippen LogP contribution in [0.15, 0.2) is 78.9 Å². The fourth-order valence-electron chi connectivity index (χ4n) is 12.1. The molecule has 2 saturated heterocycles. The van der Waals surface area contributed by atoms with E-state index in [1.54, 1.807) is 51.8 Å². The first-order valence-corrected chi connectivity index (χ1v) is 25.8. The maximum absolute atomic E-state index is 15.4. The lowest BCUT2D eigenvalue weighted by molar-refractivity contribution is -0.157. The summed E-state index contributed by atoms with van der Waals surface area (Å²) in [6.45, 7) is 10.2. The number of hydrogen-bond acceptors (Lipinski definition) is 16. The second-order valence-electron chi connectivity index (χ2n) is 20.6. The van der Waals surface area contributed by atoms with Crippen molar-refractivity contribution in [2.75, 3.05) is 47.0 Å². The lowest BCUT2D eigenvalue weighted by Gasteiger charge is -2.62. The number of carbonyl (C=O) groups is 2. The third-order valence-corrected chi connectivity index (χ3v) is 16.7. The molecule has 73 heavy (non-hydrogen) atoms. The Balaban J connectivity index is 1.12. The molecule has 1 N–H and O–H groups in total. The van der Waals surface area contributed by atoms with Crippen LogP contribution in [0.2, 0.25) is 0 Å². The molecular weight excluding hydrogens is 949 g/mol.